The van der Waals surface area contributed by atoms with Crippen LogP contribution < -0.4 is 5.32 Å². The Bertz CT molecular complexity index is 568. The summed E-state index contributed by atoms with van der Waals surface area (Å²) in [6, 6.07) is 7.43. The maximum absolute atomic E-state index is 8.79. The summed E-state index contributed by atoms with van der Waals surface area (Å²) in [6.45, 7) is 4.22. The lowest BCUT2D eigenvalue weighted by atomic mass is 10.3. The van der Waals surface area contributed by atoms with Crippen LogP contribution >= 0.6 is 0 Å². The van der Waals surface area contributed by atoms with Crippen LogP contribution in [0.2, 0.25) is 0 Å². The first-order valence-corrected chi connectivity index (χ1v) is 5.22. The number of nitriles is 1. The SMILES string of the molecule is Cc1cc(C#N)nc(NCc2ccc(C)o2)n1. The monoisotopic (exact) mass is 228 g/mol. The van der Waals surface area contributed by atoms with Crippen molar-refractivity contribution < 1.29 is 4.42 Å². The van der Waals surface area contributed by atoms with Crippen molar-refractivity contribution in [1.82, 2.24) is 9.97 Å². The molecule has 2 aromatic rings. The van der Waals surface area contributed by atoms with E-state index in [1.165, 1.54) is 0 Å². The van der Waals surface area contributed by atoms with Crippen LogP contribution in [0.3, 0.4) is 0 Å². The summed E-state index contributed by atoms with van der Waals surface area (Å²) in [6.07, 6.45) is 0. The van der Waals surface area contributed by atoms with Crippen LogP contribution in [0, 0.1) is 25.2 Å². The van der Waals surface area contributed by atoms with Crippen molar-refractivity contribution in [2.75, 3.05) is 5.32 Å². The average molecular weight is 228 g/mol. The van der Waals surface area contributed by atoms with Gasteiger partial charge in [-0.05, 0) is 32.0 Å². The topological polar surface area (TPSA) is 74.7 Å². The van der Waals surface area contributed by atoms with Gasteiger partial charge in [-0.15, -0.1) is 0 Å². The lowest BCUT2D eigenvalue weighted by Gasteiger charge is -2.03. The van der Waals surface area contributed by atoms with Gasteiger partial charge in [0.15, 0.2) is 0 Å². The first-order valence-electron chi connectivity index (χ1n) is 5.22. The van der Waals surface area contributed by atoms with Crippen LogP contribution in [-0.4, -0.2) is 9.97 Å². The molecule has 0 unspecified atom stereocenters. The summed E-state index contributed by atoms with van der Waals surface area (Å²) in [4.78, 5) is 8.24. The summed E-state index contributed by atoms with van der Waals surface area (Å²) in [5.74, 6) is 2.12. The number of furan rings is 1. The van der Waals surface area contributed by atoms with E-state index in [9.17, 15) is 0 Å². The molecule has 1 N–H and O–H groups in total. The third-order valence-electron chi connectivity index (χ3n) is 2.19. The molecule has 0 amide bonds. The molecule has 0 saturated carbocycles. The van der Waals surface area contributed by atoms with Gasteiger partial charge < -0.3 is 9.73 Å². The molecule has 0 spiro atoms. The number of aryl methyl sites for hydroxylation is 2. The quantitative estimate of drug-likeness (QED) is 0.871. The Morgan fingerprint density at radius 1 is 1.35 bits per heavy atom. The highest BCUT2D eigenvalue weighted by molar-refractivity contribution is 5.33. The molecule has 2 rings (SSSR count). The van der Waals surface area contributed by atoms with Crippen molar-refractivity contribution >= 4 is 5.95 Å². The largest absolute Gasteiger partial charge is 0.465 e. The van der Waals surface area contributed by atoms with E-state index < -0.39 is 0 Å². The van der Waals surface area contributed by atoms with Crippen molar-refractivity contribution in [2.45, 2.75) is 20.4 Å². The molecular formula is C12H12N4O. The summed E-state index contributed by atoms with van der Waals surface area (Å²) >= 11 is 0. The predicted octanol–water partition coefficient (Wildman–Crippen LogP) is 2.17. The average Bonchev–Trinajstić information content (AvgIpc) is 2.72. The zero-order valence-electron chi connectivity index (χ0n) is 9.69. The van der Waals surface area contributed by atoms with Crippen LogP contribution in [0.25, 0.3) is 0 Å². The van der Waals surface area contributed by atoms with E-state index in [1.54, 1.807) is 6.07 Å². The van der Waals surface area contributed by atoms with Crippen LogP contribution in [0.15, 0.2) is 22.6 Å². The molecule has 17 heavy (non-hydrogen) atoms. The van der Waals surface area contributed by atoms with Gasteiger partial charge in [-0.25, -0.2) is 9.97 Å². The van der Waals surface area contributed by atoms with Gasteiger partial charge in [0.05, 0.1) is 6.54 Å². The number of hydrogen-bond acceptors (Lipinski definition) is 5. The normalized spacial score (nSPS) is 9.94. The zero-order chi connectivity index (χ0) is 12.3. The summed E-state index contributed by atoms with van der Waals surface area (Å²) in [5.41, 5.74) is 1.12. The molecule has 0 radical (unpaired) electrons. The molecular weight excluding hydrogens is 216 g/mol. The van der Waals surface area contributed by atoms with Gasteiger partial charge >= 0.3 is 0 Å². The van der Waals surface area contributed by atoms with Gasteiger partial charge in [0, 0.05) is 5.69 Å². The van der Waals surface area contributed by atoms with Crippen LogP contribution in [0.1, 0.15) is 22.9 Å². The zero-order valence-corrected chi connectivity index (χ0v) is 9.69. The second-order valence-electron chi connectivity index (χ2n) is 3.70. The predicted molar refractivity (Wildman–Crippen MR) is 62.3 cm³/mol. The van der Waals surface area contributed by atoms with E-state index in [2.05, 4.69) is 15.3 Å². The van der Waals surface area contributed by atoms with Gasteiger partial charge in [-0.3, -0.25) is 0 Å². The minimum absolute atomic E-state index is 0.357. The van der Waals surface area contributed by atoms with E-state index in [0.29, 0.717) is 18.2 Å². The fourth-order valence-electron chi connectivity index (χ4n) is 1.45. The van der Waals surface area contributed by atoms with E-state index in [1.807, 2.05) is 32.0 Å². The van der Waals surface area contributed by atoms with Crippen molar-refractivity contribution in [3.8, 4) is 6.07 Å². The van der Waals surface area contributed by atoms with Crippen molar-refractivity contribution in [3.05, 3.63) is 41.1 Å². The van der Waals surface area contributed by atoms with Crippen LogP contribution in [-0.2, 0) is 6.54 Å². The van der Waals surface area contributed by atoms with E-state index in [0.717, 1.165) is 17.2 Å². The molecule has 0 aliphatic carbocycles. The van der Waals surface area contributed by atoms with Crippen molar-refractivity contribution in [3.63, 3.8) is 0 Å². The van der Waals surface area contributed by atoms with Gasteiger partial charge in [0.2, 0.25) is 5.95 Å². The molecule has 2 aromatic heterocycles. The molecule has 0 atom stereocenters. The summed E-state index contributed by atoms with van der Waals surface area (Å²) in [5, 5.41) is 11.8. The van der Waals surface area contributed by atoms with Gasteiger partial charge in [0.1, 0.15) is 23.3 Å². The Balaban J connectivity index is 2.09. The number of nitrogens with one attached hydrogen (secondary N) is 1. The molecule has 5 heteroatoms. The molecule has 0 bridgehead atoms. The minimum atomic E-state index is 0.357. The number of rotatable bonds is 3. The van der Waals surface area contributed by atoms with E-state index >= 15 is 0 Å². The minimum Gasteiger partial charge on any atom is -0.465 e. The van der Waals surface area contributed by atoms with E-state index in [-0.39, 0.29) is 0 Å². The number of nitrogens with zero attached hydrogens (tertiary/aromatic N) is 3. The maximum Gasteiger partial charge on any atom is 0.224 e. The summed E-state index contributed by atoms with van der Waals surface area (Å²) < 4.78 is 5.41. The van der Waals surface area contributed by atoms with Gasteiger partial charge in [0.25, 0.3) is 0 Å². The third kappa shape index (κ3) is 2.82. The highest BCUT2D eigenvalue weighted by Gasteiger charge is 2.03. The van der Waals surface area contributed by atoms with Crippen LogP contribution in [0.5, 0.6) is 0 Å². The third-order valence-corrected chi connectivity index (χ3v) is 2.19. The molecule has 0 aliphatic rings. The lowest BCUT2D eigenvalue weighted by molar-refractivity contribution is 0.490. The molecule has 0 fully saturated rings. The molecule has 0 saturated heterocycles. The Morgan fingerprint density at radius 2 is 2.18 bits per heavy atom. The molecule has 0 aliphatic heterocycles. The Hall–Kier alpha value is -2.35. The number of aromatic nitrogens is 2. The fourth-order valence-corrected chi connectivity index (χ4v) is 1.45. The highest BCUT2D eigenvalue weighted by Crippen LogP contribution is 2.09. The number of hydrogen-bond donors (Lipinski definition) is 1. The summed E-state index contributed by atoms with van der Waals surface area (Å²) in [7, 11) is 0. The Labute approximate surface area is 99.1 Å². The van der Waals surface area contributed by atoms with E-state index in [4.69, 9.17) is 9.68 Å². The molecule has 86 valence electrons. The van der Waals surface area contributed by atoms with Gasteiger partial charge in [-0.1, -0.05) is 0 Å². The molecule has 2 heterocycles. The van der Waals surface area contributed by atoms with Crippen molar-refractivity contribution in [2.24, 2.45) is 0 Å². The Kier molecular flexibility index (Phi) is 3.06. The first kappa shape index (κ1) is 11.1. The first-order chi connectivity index (χ1) is 8.17. The second-order valence-corrected chi connectivity index (χ2v) is 3.70. The fraction of sp³-hybridized carbons (Fsp3) is 0.250. The van der Waals surface area contributed by atoms with Gasteiger partial charge in [-0.2, -0.15) is 5.26 Å². The van der Waals surface area contributed by atoms with Crippen molar-refractivity contribution in [1.29, 1.82) is 5.26 Å². The smallest absolute Gasteiger partial charge is 0.224 e. The van der Waals surface area contributed by atoms with Crippen LogP contribution in [0.4, 0.5) is 5.95 Å². The Morgan fingerprint density at radius 3 is 2.82 bits per heavy atom. The standard InChI is InChI=1S/C12H12N4O/c1-8-5-10(6-13)16-12(15-8)14-7-11-4-3-9(2)17-11/h3-5H,7H2,1-2H3,(H,14,15,16). The number of anilines is 1. The second kappa shape index (κ2) is 4.66. The lowest BCUT2D eigenvalue weighted by Crippen LogP contribution is -2.04. The highest BCUT2D eigenvalue weighted by atomic mass is 16.3. The molecule has 5 nitrogen and oxygen atoms in total. The molecule has 0 aromatic carbocycles. The maximum atomic E-state index is 8.79.